The number of hydrogen-bond acceptors (Lipinski definition) is 4. The summed E-state index contributed by atoms with van der Waals surface area (Å²) in [6.45, 7) is 3.89. The molecule has 106 valence electrons. The Bertz CT molecular complexity index is 679. The predicted molar refractivity (Wildman–Crippen MR) is 76.0 cm³/mol. The summed E-state index contributed by atoms with van der Waals surface area (Å²) >= 11 is 0. The number of carboxylic acids is 1. The van der Waals surface area contributed by atoms with Crippen LogP contribution in [0.15, 0.2) is 35.3 Å². The molecular formula is C14H17N3O3. The Morgan fingerprint density at radius 3 is 2.85 bits per heavy atom. The molecule has 0 fully saturated rings. The van der Waals surface area contributed by atoms with Gasteiger partial charge in [0.2, 0.25) is 0 Å². The molecule has 6 nitrogen and oxygen atoms in total. The molecule has 0 aliphatic heterocycles. The van der Waals surface area contributed by atoms with E-state index in [2.05, 4.69) is 10.3 Å². The van der Waals surface area contributed by atoms with Gasteiger partial charge in [0.1, 0.15) is 17.5 Å². The molecule has 0 aliphatic rings. The maximum atomic E-state index is 11.9. The van der Waals surface area contributed by atoms with E-state index in [1.807, 2.05) is 13.8 Å². The average molecular weight is 275 g/mol. The van der Waals surface area contributed by atoms with Crippen molar-refractivity contribution in [2.45, 2.75) is 26.3 Å². The van der Waals surface area contributed by atoms with E-state index in [1.165, 1.54) is 10.5 Å². The van der Waals surface area contributed by atoms with Gasteiger partial charge in [-0.05, 0) is 24.5 Å². The highest BCUT2D eigenvalue weighted by Gasteiger charge is 2.19. The third-order valence-electron chi connectivity index (χ3n) is 2.90. The summed E-state index contributed by atoms with van der Waals surface area (Å²) in [6, 6.07) is 5.76. The first-order chi connectivity index (χ1) is 9.47. The van der Waals surface area contributed by atoms with Gasteiger partial charge in [0, 0.05) is 12.3 Å². The van der Waals surface area contributed by atoms with Gasteiger partial charge in [-0.1, -0.05) is 19.9 Å². The quantitative estimate of drug-likeness (QED) is 0.866. The maximum Gasteiger partial charge on any atom is 0.326 e. The number of hydrogen-bond donors (Lipinski definition) is 2. The van der Waals surface area contributed by atoms with Gasteiger partial charge in [-0.15, -0.1) is 0 Å². The van der Waals surface area contributed by atoms with Crippen molar-refractivity contribution < 1.29 is 9.90 Å². The summed E-state index contributed by atoms with van der Waals surface area (Å²) in [5, 5.41) is 12.0. The third kappa shape index (κ3) is 3.14. The molecule has 2 heterocycles. The lowest BCUT2D eigenvalue weighted by Gasteiger charge is -2.17. The van der Waals surface area contributed by atoms with Crippen LogP contribution in [-0.2, 0) is 4.79 Å². The molecule has 2 rings (SSSR count). The first-order valence-electron chi connectivity index (χ1n) is 6.45. The van der Waals surface area contributed by atoms with Crippen LogP contribution in [0.3, 0.4) is 0 Å². The Labute approximate surface area is 116 Å². The molecule has 6 heteroatoms. The monoisotopic (exact) mass is 275 g/mol. The van der Waals surface area contributed by atoms with Gasteiger partial charge in [-0.25, -0.2) is 9.78 Å². The number of fused-ring (bicyclic) bond motifs is 1. The number of aliphatic carboxylic acids is 1. The molecule has 2 aromatic rings. The van der Waals surface area contributed by atoms with Crippen molar-refractivity contribution in [2.75, 3.05) is 5.32 Å². The van der Waals surface area contributed by atoms with E-state index in [4.69, 9.17) is 0 Å². The Morgan fingerprint density at radius 2 is 2.20 bits per heavy atom. The normalized spacial score (nSPS) is 12.6. The van der Waals surface area contributed by atoms with Gasteiger partial charge in [0.05, 0.1) is 0 Å². The van der Waals surface area contributed by atoms with Crippen molar-refractivity contribution in [3.8, 4) is 0 Å². The standard InChI is InChI=1S/C14H17N3O3/c1-9(2)7-10(14(19)20)15-11-8-13(18)17-6-4-3-5-12(17)16-11/h3-6,8-10,15H,7H2,1-2H3,(H,19,20)/t10-/m1/s1. The number of carboxylic acid groups (broad SMARTS) is 1. The molecule has 0 radical (unpaired) electrons. The molecule has 0 aromatic carbocycles. The van der Waals surface area contributed by atoms with Crippen LogP contribution < -0.4 is 10.9 Å². The van der Waals surface area contributed by atoms with Crippen LogP contribution in [0.5, 0.6) is 0 Å². The maximum absolute atomic E-state index is 11.9. The van der Waals surface area contributed by atoms with E-state index < -0.39 is 12.0 Å². The van der Waals surface area contributed by atoms with Crippen LogP contribution in [0.4, 0.5) is 5.82 Å². The van der Waals surface area contributed by atoms with Crippen LogP contribution in [0, 0.1) is 5.92 Å². The average Bonchev–Trinajstić information content (AvgIpc) is 2.37. The van der Waals surface area contributed by atoms with Crippen molar-refractivity contribution in [3.05, 3.63) is 40.8 Å². The second-order valence-electron chi connectivity index (χ2n) is 5.07. The van der Waals surface area contributed by atoms with Gasteiger partial charge in [-0.3, -0.25) is 9.20 Å². The van der Waals surface area contributed by atoms with Crippen LogP contribution in [0.2, 0.25) is 0 Å². The lowest BCUT2D eigenvalue weighted by Crippen LogP contribution is -2.32. The van der Waals surface area contributed by atoms with E-state index in [0.717, 1.165) is 0 Å². The molecule has 0 aliphatic carbocycles. The number of rotatable bonds is 5. The zero-order chi connectivity index (χ0) is 14.7. The van der Waals surface area contributed by atoms with E-state index in [1.54, 1.807) is 24.4 Å². The largest absolute Gasteiger partial charge is 0.480 e. The minimum absolute atomic E-state index is 0.227. The van der Waals surface area contributed by atoms with Crippen molar-refractivity contribution in [1.82, 2.24) is 9.38 Å². The van der Waals surface area contributed by atoms with Crippen molar-refractivity contribution >= 4 is 17.4 Å². The summed E-state index contributed by atoms with van der Waals surface area (Å²) in [6.07, 6.45) is 2.09. The summed E-state index contributed by atoms with van der Waals surface area (Å²) in [4.78, 5) is 27.4. The molecule has 0 saturated heterocycles. The smallest absolute Gasteiger partial charge is 0.326 e. The molecule has 2 aromatic heterocycles. The highest BCUT2D eigenvalue weighted by atomic mass is 16.4. The van der Waals surface area contributed by atoms with Crippen molar-refractivity contribution in [1.29, 1.82) is 0 Å². The molecule has 0 saturated carbocycles. The summed E-state index contributed by atoms with van der Waals surface area (Å²) in [7, 11) is 0. The highest BCUT2D eigenvalue weighted by Crippen LogP contribution is 2.11. The molecule has 2 N–H and O–H groups in total. The van der Waals surface area contributed by atoms with Crippen molar-refractivity contribution in [2.24, 2.45) is 5.92 Å². The van der Waals surface area contributed by atoms with Crippen LogP contribution >= 0.6 is 0 Å². The Kier molecular flexibility index (Phi) is 4.02. The number of anilines is 1. The topological polar surface area (TPSA) is 83.7 Å². The minimum Gasteiger partial charge on any atom is -0.480 e. The fourth-order valence-electron chi connectivity index (χ4n) is 2.00. The van der Waals surface area contributed by atoms with E-state index >= 15 is 0 Å². The zero-order valence-corrected chi connectivity index (χ0v) is 11.4. The summed E-state index contributed by atoms with van der Waals surface area (Å²) < 4.78 is 1.41. The van der Waals surface area contributed by atoms with Gasteiger partial charge in [0.15, 0.2) is 0 Å². The Morgan fingerprint density at radius 1 is 1.45 bits per heavy atom. The molecule has 1 atom stereocenters. The lowest BCUT2D eigenvalue weighted by atomic mass is 10.0. The number of aromatic nitrogens is 2. The Balaban J connectivity index is 2.33. The molecule has 0 unspecified atom stereocenters. The third-order valence-corrected chi connectivity index (χ3v) is 2.90. The van der Waals surface area contributed by atoms with Gasteiger partial charge >= 0.3 is 5.97 Å². The van der Waals surface area contributed by atoms with Gasteiger partial charge < -0.3 is 10.4 Å². The molecule has 20 heavy (non-hydrogen) atoms. The Hall–Kier alpha value is -2.37. The van der Waals surface area contributed by atoms with Gasteiger partial charge in [0.25, 0.3) is 5.56 Å². The van der Waals surface area contributed by atoms with E-state index in [0.29, 0.717) is 12.1 Å². The predicted octanol–water partition coefficient (Wildman–Crippen LogP) is 1.61. The second-order valence-corrected chi connectivity index (χ2v) is 5.07. The SMILES string of the molecule is CC(C)C[C@@H](Nc1cc(=O)n2ccccc2n1)C(=O)O. The first-order valence-corrected chi connectivity index (χ1v) is 6.45. The molecule has 0 spiro atoms. The minimum atomic E-state index is -0.950. The van der Waals surface area contributed by atoms with Crippen LogP contribution in [0.25, 0.3) is 5.65 Å². The fourth-order valence-corrected chi connectivity index (χ4v) is 2.00. The number of pyridine rings is 1. The molecular weight excluding hydrogens is 258 g/mol. The summed E-state index contributed by atoms with van der Waals surface area (Å²) in [5.41, 5.74) is 0.239. The van der Waals surface area contributed by atoms with Crippen LogP contribution in [0.1, 0.15) is 20.3 Å². The summed E-state index contributed by atoms with van der Waals surface area (Å²) in [5.74, 6) is -0.437. The van der Waals surface area contributed by atoms with E-state index in [-0.39, 0.29) is 17.3 Å². The number of nitrogens with zero attached hydrogens (tertiary/aromatic N) is 2. The number of nitrogens with one attached hydrogen (secondary N) is 1. The zero-order valence-electron chi connectivity index (χ0n) is 11.4. The lowest BCUT2D eigenvalue weighted by molar-refractivity contribution is -0.138. The van der Waals surface area contributed by atoms with Crippen LogP contribution in [-0.4, -0.2) is 26.5 Å². The molecule has 0 bridgehead atoms. The second kappa shape index (κ2) is 5.73. The highest BCUT2D eigenvalue weighted by molar-refractivity contribution is 5.76. The first kappa shape index (κ1) is 14.0. The van der Waals surface area contributed by atoms with Gasteiger partial charge in [-0.2, -0.15) is 0 Å². The van der Waals surface area contributed by atoms with E-state index in [9.17, 15) is 14.7 Å². The number of carbonyl (C=O) groups is 1. The fraction of sp³-hybridized carbons (Fsp3) is 0.357. The van der Waals surface area contributed by atoms with Crippen molar-refractivity contribution in [3.63, 3.8) is 0 Å². The molecule has 0 amide bonds.